The monoisotopic (exact) mass is 905 g/mol. The lowest BCUT2D eigenvalue weighted by molar-refractivity contribution is 0.660. The van der Waals surface area contributed by atoms with Crippen LogP contribution in [0.3, 0.4) is 0 Å². The van der Waals surface area contributed by atoms with Gasteiger partial charge >= 0.3 is 0 Å². The maximum absolute atomic E-state index is 7.12. The number of thiophene rings is 2. The molecule has 0 unspecified atom stereocenters. The quantitative estimate of drug-likeness (QED) is 0.172. The molecule has 0 atom stereocenters. The van der Waals surface area contributed by atoms with Crippen LogP contribution in [0.5, 0.6) is 0 Å². The largest absolute Gasteiger partial charge is 0.456 e. The second-order valence-electron chi connectivity index (χ2n) is 18.7. The zero-order chi connectivity index (χ0) is 44.8. The molecule has 0 N–H and O–H groups in total. The Kier molecular flexibility index (Phi) is 7.88. The third-order valence-corrected chi connectivity index (χ3v) is 17.1. The highest BCUT2D eigenvalue weighted by Gasteiger charge is 2.36. The van der Waals surface area contributed by atoms with Crippen LogP contribution in [0.15, 0.2) is 209 Å². The van der Waals surface area contributed by atoms with E-state index < -0.39 is 0 Å². The van der Waals surface area contributed by atoms with E-state index in [1.165, 1.54) is 73.7 Å². The van der Waals surface area contributed by atoms with E-state index in [0.29, 0.717) is 0 Å². The molecule has 14 aromatic rings. The summed E-state index contributed by atoms with van der Waals surface area (Å²) in [6.45, 7) is 4.71. The van der Waals surface area contributed by atoms with Crippen molar-refractivity contribution in [2.45, 2.75) is 19.3 Å². The summed E-state index contributed by atoms with van der Waals surface area (Å²) < 4.78 is 19.0. The van der Waals surface area contributed by atoms with Crippen LogP contribution in [0.25, 0.3) is 118 Å². The van der Waals surface area contributed by atoms with Crippen LogP contribution in [0, 0.1) is 0 Å². The predicted molar refractivity (Wildman–Crippen MR) is 290 cm³/mol. The molecule has 0 aliphatic heterocycles. The molecule has 0 fully saturated rings. The number of anilines is 3. The highest BCUT2D eigenvalue weighted by Crippen LogP contribution is 2.53. The minimum Gasteiger partial charge on any atom is -0.456 e. The van der Waals surface area contributed by atoms with Crippen molar-refractivity contribution in [2.24, 2.45) is 0 Å². The number of furan rings is 2. The van der Waals surface area contributed by atoms with E-state index in [0.717, 1.165) is 72.1 Å². The Labute approximate surface area is 399 Å². The van der Waals surface area contributed by atoms with Crippen molar-refractivity contribution in [1.82, 2.24) is 0 Å². The number of fused-ring (bicyclic) bond motifs is 15. The molecule has 320 valence electrons. The van der Waals surface area contributed by atoms with Gasteiger partial charge in [0.1, 0.15) is 22.3 Å². The molecule has 0 radical (unpaired) electrons. The standard InChI is InChI=1S/C63H39NO2S2/c1-63(2)51-21-7-3-13-41(51)42-31-29-39(34-52(42)63)64(37-27-25-36(26-28-37)40-17-11-18-45-43-14-5-9-23-56(43)67-61(40)45)38-30-32-54-49(33-38)50-35-55-58(47-16-4-8-22-53(47)65-55)59(60(50)66-54)48-20-12-19-46-44-15-6-10-24-57(44)68-62(46)48/h3-35H,1-2H3. The fraction of sp³-hybridized carbons (Fsp3) is 0.0476. The Morgan fingerprint density at radius 2 is 0.956 bits per heavy atom. The third-order valence-electron chi connectivity index (χ3n) is 14.7. The van der Waals surface area contributed by atoms with Gasteiger partial charge in [-0.05, 0) is 100 Å². The van der Waals surface area contributed by atoms with Crippen molar-refractivity contribution in [3.05, 3.63) is 211 Å². The van der Waals surface area contributed by atoms with Gasteiger partial charge in [-0.3, -0.25) is 0 Å². The van der Waals surface area contributed by atoms with Gasteiger partial charge < -0.3 is 13.7 Å². The molecule has 0 spiro atoms. The van der Waals surface area contributed by atoms with Crippen LogP contribution in [0.4, 0.5) is 17.1 Å². The first-order valence-corrected chi connectivity index (χ1v) is 24.9. The molecular formula is C63H39NO2S2. The van der Waals surface area contributed by atoms with Crippen molar-refractivity contribution in [3.63, 3.8) is 0 Å². The highest BCUT2D eigenvalue weighted by atomic mass is 32.1. The molecule has 0 amide bonds. The summed E-state index contributed by atoms with van der Waals surface area (Å²) in [7, 11) is 0. The molecule has 0 saturated carbocycles. The maximum Gasteiger partial charge on any atom is 0.144 e. The molecule has 0 bridgehead atoms. The molecule has 10 aromatic carbocycles. The van der Waals surface area contributed by atoms with E-state index in [9.17, 15) is 0 Å². The molecule has 4 aromatic heterocycles. The predicted octanol–water partition coefficient (Wildman–Crippen LogP) is 19.3. The minimum absolute atomic E-state index is 0.156. The summed E-state index contributed by atoms with van der Waals surface area (Å²) in [6.07, 6.45) is 0. The number of hydrogen-bond donors (Lipinski definition) is 0. The molecule has 15 rings (SSSR count). The van der Waals surface area contributed by atoms with E-state index in [1.807, 2.05) is 28.7 Å². The average Bonchev–Trinajstić information content (AvgIpc) is 4.19. The summed E-state index contributed by atoms with van der Waals surface area (Å²) >= 11 is 3.72. The van der Waals surface area contributed by atoms with Crippen molar-refractivity contribution in [1.29, 1.82) is 0 Å². The van der Waals surface area contributed by atoms with Gasteiger partial charge in [0.25, 0.3) is 0 Å². The van der Waals surface area contributed by atoms with Crippen molar-refractivity contribution in [2.75, 3.05) is 4.90 Å². The van der Waals surface area contributed by atoms with Gasteiger partial charge in [0, 0.05) is 95.5 Å². The van der Waals surface area contributed by atoms with Gasteiger partial charge in [-0.1, -0.05) is 147 Å². The minimum atomic E-state index is -0.156. The number of rotatable bonds is 5. The van der Waals surface area contributed by atoms with Crippen molar-refractivity contribution in [3.8, 4) is 33.4 Å². The van der Waals surface area contributed by atoms with E-state index in [-0.39, 0.29) is 5.41 Å². The van der Waals surface area contributed by atoms with Gasteiger partial charge in [0.05, 0.1) is 0 Å². The number of nitrogens with zero attached hydrogens (tertiary/aromatic N) is 1. The van der Waals surface area contributed by atoms with Gasteiger partial charge in [0.15, 0.2) is 0 Å². The smallest absolute Gasteiger partial charge is 0.144 e. The zero-order valence-electron chi connectivity index (χ0n) is 37.1. The highest BCUT2D eigenvalue weighted by molar-refractivity contribution is 7.26. The molecule has 5 heteroatoms. The molecule has 3 nitrogen and oxygen atoms in total. The fourth-order valence-electron chi connectivity index (χ4n) is 11.5. The molecular weight excluding hydrogens is 867 g/mol. The Balaban J connectivity index is 0.953. The molecule has 68 heavy (non-hydrogen) atoms. The van der Waals surface area contributed by atoms with Gasteiger partial charge in [-0.25, -0.2) is 0 Å². The summed E-state index contributed by atoms with van der Waals surface area (Å²) in [4.78, 5) is 2.42. The lowest BCUT2D eigenvalue weighted by Gasteiger charge is -2.28. The molecule has 4 heterocycles. The second-order valence-corrected chi connectivity index (χ2v) is 20.8. The summed E-state index contributed by atoms with van der Waals surface area (Å²) in [5.74, 6) is 0. The Morgan fingerprint density at radius 1 is 0.382 bits per heavy atom. The van der Waals surface area contributed by atoms with E-state index in [2.05, 4.69) is 213 Å². The van der Waals surface area contributed by atoms with Crippen molar-refractivity contribution >= 4 is 124 Å². The van der Waals surface area contributed by atoms with Gasteiger partial charge in [-0.15, -0.1) is 22.7 Å². The average molecular weight is 906 g/mol. The van der Waals surface area contributed by atoms with Crippen LogP contribution in [0.2, 0.25) is 0 Å². The summed E-state index contributed by atoms with van der Waals surface area (Å²) in [6, 6.07) is 73.2. The lowest BCUT2D eigenvalue weighted by atomic mass is 9.82. The van der Waals surface area contributed by atoms with E-state index in [4.69, 9.17) is 8.83 Å². The first kappa shape index (κ1) is 38.2. The normalized spacial score (nSPS) is 13.3. The van der Waals surface area contributed by atoms with Gasteiger partial charge in [0.2, 0.25) is 0 Å². The van der Waals surface area contributed by atoms with Crippen LogP contribution >= 0.6 is 22.7 Å². The van der Waals surface area contributed by atoms with Crippen LogP contribution in [-0.2, 0) is 5.41 Å². The summed E-state index contributed by atoms with van der Waals surface area (Å²) in [5.41, 5.74) is 16.5. The summed E-state index contributed by atoms with van der Waals surface area (Å²) in [5, 5.41) is 9.36. The Hall–Kier alpha value is -7.96. The second kappa shape index (κ2) is 14.0. The van der Waals surface area contributed by atoms with Crippen LogP contribution < -0.4 is 4.90 Å². The first-order valence-electron chi connectivity index (χ1n) is 23.2. The zero-order valence-corrected chi connectivity index (χ0v) is 38.8. The van der Waals surface area contributed by atoms with Crippen LogP contribution in [-0.4, -0.2) is 0 Å². The molecule has 0 saturated heterocycles. The molecule has 1 aliphatic rings. The lowest BCUT2D eigenvalue weighted by Crippen LogP contribution is -2.16. The topological polar surface area (TPSA) is 29.5 Å². The number of benzene rings is 10. The van der Waals surface area contributed by atoms with Crippen molar-refractivity contribution < 1.29 is 8.83 Å². The third kappa shape index (κ3) is 5.34. The maximum atomic E-state index is 7.12. The number of hydrogen-bond acceptors (Lipinski definition) is 5. The molecule has 1 aliphatic carbocycles. The Bertz CT molecular complexity index is 4430. The SMILES string of the molecule is CC1(C)c2ccccc2-c2ccc(N(c3ccc(-c4cccc5c4sc4ccccc45)cc3)c3ccc4oc5c(-c6cccc7c6sc6ccccc67)c6c(cc5c4c3)oc3ccccc36)cc21. The number of para-hydroxylation sites is 1. The Morgan fingerprint density at radius 3 is 1.74 bits per heavy atom. The fourth-order valence-corrected chi connectivity index (χ4v) is 13.9. The van der Waals surface area contributed by atoms with Crippen LogP contribution in [0.1, 0.15) is 25.0 Å². The van der Waals surface area contributed by atoms with E-state index >= 15 is 0 Å². The first-order chi connectivity index (χ1) is 33.5. The van der Waals surface area contributed by atoms with Gasteiger partial charge in [-0.2, -0.15) is 0 Å². The van der Waals surface area contributed by atoms with E-state index in [1.54, 1.807) is 0 Å².